The molecule has 0 aromatic heterocycles. The number of unbranched alkanes of at least 4 members (excludes halogenated alkanes) is 9. The van der Waals surface area contributed by atoms with Gasteiger partial charge in [-0.05, 0) is 19.3 Å². The zero-order valence-electron chi connectivity index (χ0n) is 14.6. The van der Waals surface area contributed by atoms with Gasteiger partial charge in [0.05, 0.1) is 12.6 Å². The number of nitrogens with one attached hydrogen (secondary N) is 1. The maximum Gasteiger partial charge on any atom is 0.408 e. The second kappa shape index (κ2) is 10.7. The summed E-state index contributed by atoms with van der Waals surface area (Å²) in [7, 11) is 0. The number of alkyl carbamates (subject to hydrolysis) is 1. The van der Waals surface area contributed by atoms with Crippen LogP contribution in [0.4, 0.5) is 4.79 Å². The van der Waals surface area contributed by atoms with Crippen LogP contribution in [0, 0.1) is 0 Å². The van der Waals surface area contributed by atoms with Crippen LogP contribution in [0.3, 0.4) is 0 Å². The molecule has 0 aliphatic carbocycles. The quantitative estimate of drug-likeness (QED) is 0.417. The first kappa shape index (κ1) is 18.3. The number of carbonyl (C=O) groups excluding carboxylic acids is 1. The molecule has 2 aliphatic heterocycles. The van der Waals surface area contributed by atoms with Gasteiger partial charge in [-0.3, -0.25) is 0 Å². The van der Waals surface area contributed by atoms with Crippen LogP contribution in [-0.4, -0.2) is 30.9 Å². The summed E-state index contributed by atoms with van der Waals surface area (Å²) in [6.45, 7) is 2.84. The van der Waals surface area contributed by atoms with Gasteiger partial charge in [0.15, 0.2) is 6.10 Å². The minimum atomic E-state index is -0.299. The van der Waals surface area contributed by atoms with E-state index in [4.69, 9.17) is 9.47 Å². The van der Waals surface area contributed by atoms with Crippen LogP contribution in [0.15, 0.2) is 12.2 Å². The largest absolute Gasteiger partial charge is 0.441 e. The van der Waals surface area contributed by atoms with Crippen molar-refractivity contribution in [2.45, 2.75) is 95.8 Å². The molecule has 2 rings (SSSR count). The highest BCUT2D eigenvalue weighted by Crippen LogP contribution is 2.25. The van der Waals surface area contributed by atoms with Crippen LogP contribution in [-0.2, 0) is 9.47 Å². The van der Waals surface area contributed by atoms with Crippen LogP contribution in [0.2, 0.25) is 0 Å². The van der Waals surface area contributed by atoms with Gasteiger partial charge in [-0.2, -0.15) is 0 Å². The molecule has 4 nitrogen and oxygen atoms in total. The molecule has 0 bridgehead atoms. The Hall–Kier alpha value is -1.03. The SMILES string of the molecule is CCCCCCCCCCC/C=C/C[C@@H]1OC[C@@H]2NC(=O)O[C@@H]21. The van der Waals surface area contributed by atoms with Gasteiger partial charge in [-0.25, -0.2) is 4.79 Å². The van der Waals surface area contributed by atoms with Gasteiger partial charge in [-0.1, -0.05) is 70.4 Å². The molecule has 2 fully saturated rings. The van der Waals surface area contributed by atoms with Gasteiger partial charge in [0.25, 0.3) is 0 Å². The summed E-state index contributed by atoms with van der Waals surface area (Å²) in [5.74, 6) is 0. The zero-order valence-corrected chi connectivity index (χ0v) is 14.6. The van der Waals surface area contributed by atoms with E-state index in [-0.39, 0.29) is 24.3 Å². The Morgan fingerprint density at radius 2 is 1.74 bits per heavy atom. The van der Waals surface area contributed by atoms with Gasteiger partial charge >= 0.3 is 6.09 Å². The third-order valence-electron chi connectivity index (χ3n) is 4.81. The minimum absolute atomic E-state index is 0.0262. The monoisotopic (exact) mass is 323 g/mol. The number of fused-ring (bicyclic) bond motifs is 1. The van der Waals surface area contributed by atoms with Crippen molar-refractivity contribution >= 4 is 6.09 Å². The number of amides is 1. The lowest BCUT2D eigenvalue weighted by atomic mass is 10.1. The Morgan fingerprint density at radius 1 is 1.04 bits per heavy atom. The van der Waals surface area contributed by atoms with E-state index in [0.29, 0.717) is 6.61 Å². The van der Waals surface area contributed by atoms with Crippen molar-refractivity contribution in [2.24, 2.45) is 0 Å². The molecule has 0 aromatic rings. The Morgan fingerprint density at radius 3 is 2.48 bits per heavy atom. The van der Waals surface area contributed by atoms with E-state index in [2.05, 4.69) is 24.4 Å². The molecule has 4 heteroatoms. The standard InChI is InChI=1S/C19H33NO3/c1-2-3-4-5-6-7-8-9-10-11-12-13-14-17-18-16(15-22-17)20-19(21)23-18/h12-13,16-18H,2-11,14-15H2,1H3,(H,20,21)/b13-12+/t16-,17-,18-/m0/s1. The number of allylic oxidation sites excluding steroid dienone is 1. The molecule has 0 spiro atoms. The Labute approximate surface area is 141 Å². The second-order valence-electron chi connectivity index (χ2n) is 6.82. The molecular formula is C19H33NO3. The minimum Gasteiger partial charge on any atom is -0.441 e. The highest BCUT2D eigenvalue weighted by atomic mass is 16.6. The average Bonchev–Trinajstić information content (AvgIpc) is 3.08. The molecule has 132 valence electrons. The lowest BCUT2D eigenvalue weighted by Gasteiger charge is -2.12. The number of hydrogen-bond donors (Lipinski definition) is 1. The molecule has 0 saturated carbocycles. The van der Waals surface area contributed by atoms with Crippen molar-refractivity contribution in [1.29, 1.82) is 0 Å². The molecule has 0 aromatic carbocycles. The van der Waals surface area contributed by atoms with Gasteiger partial charge in [0.2, 0.25) is 0 Å². The van der Waals surface area contributed by atoms with Gasteiger partial charge in [0.1, 0.15) is 6.10 Å². The predicted octanol–water partition coefficient (Wildman–Crippen LogP) is 4.73. The molecule has 2 aliphatic rings. The van der Waals surface area contributed by atoms with E-state index in [9.17, 15) is 4.79 Å². The third-order valence-corrected chi connectivity index (χ3v) is 4.81. The van der Waals surface area contributed by atoms with Gasteiger partial charge in [0, 0.05) is 0 Å². The highest BCUT2D eigenvalue weighted by molar-refractivity contribution is 5.70. The molecule has 0 unspecified atom stereocenters. The van der Waals surface area contributed by atoms with Crippen LogP contribution < -0.4 is 5.32 Å². The van der Waals surface area contributed by atoms with Crippen molar-refractivity contribution in [3.05, 3.63) is 12.2 Å². The summed E-state index contributed by atoms with van der Waals surface area (Å²) >= 11 is 0. The van der Waals surface area contributed by atoms with Crippen LogP contribution >= 0.6 is 0 Å². The maximum absolute atomic E-state index is 11.2. The summed E-state index contributed by atoms with van der Waals surface area (Å²) in [5.41, 5.74) is 0. The van der Waals surface area contributed by atoms with Crippen molar-refractivity contribution in [1.82, 2.24) is 5.32 Å². The van der Waals surface area contributed by atoms with Crippen molar-refractivity contribution in [3.8, 4) is 0 Å². The third kappa shape index (κ3) is 6.54. The van der Waals surface area contributed by atoms with E-state index in [1.807, 2.05) is 0 Å². The number of ether oxygens (including phenoxy) is 2. The lowest BCUT2D eigenvalue weighted by molar-refractivity contribution is 0.0369. The summed E-state index contributed by atoms with van der Waals surface area (Å²) in [4.78, 5) is 11.2. The fourth-order valence-electron chi connectivity index (χ4n) is 3.39. The number of carbonyl (C=O) groups is 1. The molecular weight excluding hydrogens is 290 g/mol. The number of rotatable bonds is 12. The van der Waals surface area contributed by atoms with Crippen LogP contribution in [0.25, 0.3) is 0 Å². The Balaban J connectivity index is 1.41. The van der Waals surface area contributed by atoms with E-state index < -0.39 is 0 Å². The first-order chi connectivity index (χ1) is 11.3. The topological polar surface area (TPSA) is 47.6 Å². The summed E-state index contributed by atoms with van der Waals surface area (Å²) < 4.78 is 10.9. The van der Waals surface area contributed by atoms with Crippen molar-refractivity contribution in [2.75, 3.05) is 6.61 Å². The summed E-state index contributed by atoms with van der Waals surface area (Å²) in [5, 5.41) is 2.78. The molecule has 23 heavy (non-hydrogen) atoms. The van der Waals surface area contributed by atoms with Crippen LogP contribution in [0.5, 0.6) is 0 Å². The van der Waals surface area contributed by atoms with Crippen molar-refractivity contribution in [3.63, 3.8) is 0 Å². The Bertz CT molecular complexity index is 370. The predicted molar refractivity (Wildman–Crippen MR) is 92.5 cm³/mol. The smallest absolute Gasteiger partial charge is 0.408 e. The molecule has 2 heterocycles. The van der Waals surface area contributed by atoms with Gasteiger partial charge in [-0.15, -0.1) is 0 Å². The van der Waals surface area contributed by atoms with E-state index in [1.54, 1.807) is 0 Å². The molecule has 2 saturated heterocycles. The van der Waals surface area contributed by atoms with E-state index in [1.165, 1.54) is 57.8 Å². The Kier molecular flexibility index (Phi) is 8.51. The van der Waals surface area contributed by atoms with Crippen LogP contribution in [0.1, 0.15) is 77.6 Å². The molecule has 1 N–H and O–H groups in total. The number of hydrogen-bond acceptors (Lipinski definition) is 3. The first-order valence-corrected chi connectivity index (χ1v) is 9.55. The second-order valence-corrected chi connectivity index (χ2v) is 6.82. The highest BCUT2D eigenvalue weighted by Gasteiger charge is 2.45. The normalized spacial score (nSPS) is 26.5. The lowest BCUT2D eigenvalue weighted by Crippen LogP contribution is -2.32. The fourth-order valence-corrected chi connectivity index (χ4v) is 3.39. The van der Waals surface area contributed by atoms with Gasteiger partial charge < -0.3 is 14.8 Å². The fraction of sp³-hybridized carbons (Fsp3) is 0.842. The zero-order chi connectivity index (χ0) is 16.3. The molecule has 0 radical (unpaired) electrons. The van der Waals surface area contributed by atoms with E-state index in [0.717, 1.165) is 12.8 Å². The van der Waals surface area contributed by atoms with Crippen molar-refractivity contribution < 1.29 is 14.3 Å². The molecule has 3 atom stereocenters. The summed E-state index contributed by atoms with van der Waals surface area (Å²) in [6, 6.07) is 0.0539. The average molecular weight is 323 g/mol. The molecule has 1 amide bonds. The first-order valence-electron chi connectivity index (χ1n) is 9.55. The maximum atomic E-state index is 11.2. The summed E-state index contributed by atoms with van der Waals surface area (Å²) in [6.07, 6.45) is 18.4. The van der Waals surface area contributed by atoms with E-state index >= 15 is 0 Å².